The van der Waals surface area contributed by atoms with Crippen LogP contribution in [0.15, 0.2) is 0 Å². The molecule has 2 N–H and O–H groups in total. The number of amides is 1. The van der Waals surface area contributed by atoms with Crippen LogP contribution in [-0.2, 0) is 9.53 Å². The van der Waals surface area contributed by atoms with Crippen molar-refractivity contribution in [1.29, 1.82) is 0 Å². The summed E-state index contributed by atoms with van der Waals surface area (Å²) in [7, 11) is 0. The number of hydrogen-bond acceptors (Lipinski definition) is 3. The van der Waals surface area contributed by atoms with Crippen LogP contribution < -0.4 is 10.6 Å². The maximum absolute atomic E-state index is 12.2. The Morgan fingerprint density at radius 3 is 2.72 bits per heavy atom. The second-order valence-electron chi connectivity index (χ2n) is 6.20. The predicted molar refractivity (Wildman–Crippen MR) is 71.3 cm³/mol. The van der Waals surface area contributed by atoms with Gasteiger partial charge in [0.2, 0.25) is 5.91 Å². The minimum atomic E-state index is 0.0565. The summed E-state index contributed by atoms with van der Waals surface area (Å²) >= 11 is 0. The summed E-state index contributed by atoms with van der Waals surface area (Å²) in [4.78, 5) is 12.2. The molecule has 0 aromatic rings. The number of ether oxygens (including phenoxy) is 1. The number of nitrogens with one attached hydrogen (secondary N) is 2. The van der Waals surface area contributed by atoms with E-state index in [1.807, 2.05) is 6.92 Å². The monoisotopic (exact) mass is 254 g/mol. The average molecular weight is 254 g/mol. The lowest BCUT2D eigenvalue weighted by molar-refractivity contribution is -0.139. The number of rotatable bonds is 4. The molecule has 1 amide bonds. The van der Waals surface area contributed by atoms with Crippen LogP contribution in [0.25, 0.3) is 0 Å². The number of carbonyl (C=O) groups excluding carboxylic acids is 1. The summed E-state index contributed by atoms with van der Waals surface area (Å²) in [5.74, 6) is 0.340. The Labute approximate surface area is 110 Å². The first-order chi connectivity index (χ1) is 8.46. The van der Waals surface area contributed by atoms with E-state index < -0.39 is 0 Å². The highest BCUT2D eigenvalue weighted by Gasteiger charge is 2.50. The summed E-state index contributed by atoms with van der Waals surface area (Å²) in [6.45, 7) is 10.2. The maximum atomic E-state index is 12.2. The molecule has 1 aliphatic heterocycles. The molecule has 104 valence electrons. The molecule has 2 aliphatic rings. The third-order valence-electron chi connectivity index (χ3n) is 4.72. The van der Waals surface area contributed by atoms with Crippen molar-refractivity contribution < 1.29 is 9.53 Å². The van der Waals surface area contributed by atoms with Gasteiger partial charge in [-0.3, -0.25) is 4.79 Å². The Balaban J connectivity index is 1.86. The summed E-state index contributed by atoms with van der Waals surface area (Å²) in [5, 5.41) is 6.53. The van der Waals surface area contributed by atoms with Gasteiger partial charge in [-0.2, -0.15) is 0 Å². The van der Waals surface area contributed by atoms with Crippen molar-refractivity contribution in [3.8, 4) is 0 Å². The Hall–Kier alpha value is -0.610. The third kappa shape index (κ3) is 2.41. The molecule has 1 saturated heterocycles. The molecule has 0 bridgehead atoms. The Morgan fingerprint density at radius 2 is 2.22 bits per heavy atom. The molecule has 4 heteroatoms. The van der Waals surface area contributed by atoms with E-state index in [1.54, 1.807) is 0 Å². The van der Waals surface area contributed by atoms with Crippen molar-refractivity contribution in [3.05, 3.63) is 0 Å². The van der Waals surface area contributed by atoms with Crippen LogP contribution in [0.3, 0.4) is 0 Å². The molecular formula is C14H26N2O2. The van der Waals surface area contributed by atoms with Crippen LogP contribution in [0.4, 0.5) is 0 Å². The van der Waals surface area contributed by atoms with Crippen LogP contribution in [0.1, 0.15) is 40.5 Å². The first kappa shape index (κ1) is 13.8. The average Bonchev–Trinajstić information content (AvgIpc) is 2.74. The van der Waals surface area contributed by atoms with Gasteiger partial charge < -0.3 is 15.4 Å². The number of hydrogen-bond donors (Lipinski definition) is 2. The van der Waals surface area contributed by atoms with Gasteiger partial charge in [-0.25, -0.2) is 0 Å². The quantitative estimate of drug-likeness (QED) is 0.795. The van der Waals surface area contributed by atoms with Gasteiger partial charge in [0.25, 0.3) is 0 Å². The lowest BCUT2D eigenvalue weighted by Crippen LogP contribution is -2.63. The summed E-state index contributed by atoms with van der Waals surface area (Å²) < 4.78 is 5.69. The van der Waals surface area contributed by atoms with Crippen LogP contribution >= 0.6 is 0 Å². The van der Waals surface area contributed by atoms with E-state index in [1.165, 1.54) is 0 Å². The van der Waals surface area contributed by atoms with E-state index in [2.05, 4.69) is 31.4 Å². The van der Waals surface area contributed by atoms with Crippen LogP contribution in [-0.4, -0.2) is 37.2 Å². The van der Waals surface area contributed by atoms with Gasteiger partial charge in [-0.05, 0) is 33.2 Å². The first-order valence-corrected chi connectivity index (χ1v) is 7.12. The normalized spacial score (nSPS) is 38.2. The zero-order chi connectivity index (χ0) is 13.3. The fourth-order valence-electron chi connectivity index (χ4n) is 3.11. The van der Waals surface area contributed by atoms with Crippen molar-refractivity contribution in [2.45, 2.75) is 58.7 Å². The molecule has 4 nitrogen and oxygen atoms in total. The van der Waals surface area contributed by atoms with Crippen molar-refractivity contribution >= 4 is 5.91 Å². The van der Waals surface area contributed by atoms with Gasteiger partial charge in [0.15, 0.2) is 0 Å². The molecule has 0 aromatic heterocycles. The SMILES string of the molecule is CCOC1CC(NC(=O)C2CCNC2C)C1(C)C. The molecule has 0 radical (unpaired) electrons. The largest absolute Gasteiger partial charge is 0.378 e. The van der Waals surface area contributed by atoms with Crippen LogP contribution in [0.2, 0.25) is 0 Å². The molecule has 2 rings (SSSR count). The van der Waals surface area contributed by atoms with Gasteiger partial charge in [-0.15, -0.1) is 0 Å². The van der Waals surface area contributed by atoms with E-state index >= 15 is 0 Å². The highest BCUT2D eigenvalue weighted by atomic mass is 16.5. The van der Waals surface area contributed by atoms with E-state index in [0.717, 1.165) is 26.0 Å². The standard InChI is InChI=1S/C14H26N2O2/c1-5-18-12-8-11(14(12,3)4)16-13(17)10-6-7-15-9(10)2/h9-12,15H,5-8H2,1-4H3,(H,16,17). The minimum absolute atomic E-state index is 0.0565. The van der Waals surface area contributed by atoms with E-state index in [4.69, 9.17) is 4.74 Å². The number of carbonyl (C=O) groups is 1. The second kappa shape index (κ2) is 5.17. The maximum Gasteiger partial charge on any atom is 0.224 e. The molecule has 1 heterocycles. The van der Waals surface area contributed by atoms with Crippen molar-refractivity contribution in [1.82, 2.24) is 10.6 Å². The fraction of sp³-hybridized carbons (Fsp3) is 0.929. The van der Waals surface area contributed by atoms with Gasteiger partial charge in [0, 0.05) is 24.1 Å². The summed E-state index contributed by atoms with van der Waals surface area (Å²) in [6.07, 6.45) is 2.18. The molecule has 18 heavy (non-hydrogen) atoms. The van der Waals surface area contributed by atoms with E-state index in [-0.39, 0.29) is 29.4 Å². The molecular weight excluding hydrogens is 228 g/mol. The topological polar surface area (TPSA) is 50.4 Å². The molecule has 0 spiro atoms. The van der Waals surface area contributed by atoms with Crippen molar-refractivity contribution in [2.24, 2.45) is 11.3 Å². The predicted octanol–water partition coefficient (Wildman–Crippen LogP) is 1.30. The minimum Gasteiger partial charge on any atom is -0.378 e. The molecule has 4 unspecified atom stereocenters. The van der Waals surface area contributed by atoms with Crippen molar-refractivity contribution in [2.75, 3.05) is 13.2 Å². The fourth-order valence-corrected chi connectivity index (χ4v) is 3.11. The highest BCUT2D eigenvalue weighted by molar-refractivity contribution is 5.80. The van der Waals surface area contributed by atoms with Crippen LogP contribution in [0.5, 0.6) is 0 Å². The van der Waals surface area contributed by atoms with Gasteiger partial charge in [-0.1, -0.05) is 13.8 Å². The Morgan fingerprint density at radius 1 is 1.50 bits per heavy atom. The van der Waals surface area contributed by atoms with Gasteiger partial charge >= 0.3 is 0 Å². The van der Waals surface area contributed by atoms with E-state index in [0.29, 0.717) is 6.04 Å². The molecule has 4 atom stereocenters. The zero-order valence-electron chi connectivity index (χ0n) is 12.0. The Kier molecular flexibility index (Phi) is 3.97. The summed E-state index contributed by atoms with van der Waals surface area (Å²) in [5.41, 5.74) is 0.0565. The molecule has 1 aliphatic carbocycles. The summed E-state index contributed by atoms with van der Waals surface area (Å²) in [6, 6.07) is 0.560. The molecule has 2 fully saturated rings. The zero-order valence-corrected chi connectivity index (χ0v) is 12.0. The molecule has 1 saturated carbocycles. The first-order valence-electron chi connectivity index (χ1n) is 7.12. The van der Waals surface area contributed by atoms with Crippen LogP contribution in [0, 0.1) is 11.3 Å². The Bertz CT molecular complexity index is 317. The smallest absolute Gasteiger partial charge is 0.224 e. The van der Waals surface area contributed by atoms with Gasteiger partial charge in [0.1, 0.15) is 0 Å². The van der Waals surface area contributed by atoms with Crippen molar-refractivity contribution in [3.63, 3.8) is 0 Å². The highest BCUT2D eigenvalue weighted by Crippen LogP contribution is 2.42. The molecule has 0 aromatic carbocycles. The van der Waals surface area contributed by atoms with Gasteiger partial charge in [0.05, 0.1) is 12.0 Å². The van der Waals surface area contributed by atoms with E-state index in [9.17, 15) is 4.79 Å². The lowest BCUT2D eigenvalue weighted by Gasteiger charge is -2.51. The second-order valence-corrected chi connectivity index (χ2v) is 6.20. The third-order valence-corrected chi connectivity index (χ3v) is 4.72. The lowest BCUT2D eigenvalue weighted by atomic mass is 9.64.